The highest BCUT2D eigenvalue weighted by Gasteiger charge is 2.27. The van der Waals surface area contributed by atoms with E-state index in [-0.39, 0.29) is 5.92 Å². The van der Waals surface area contributed by atoms with Gasteiger partial charge in [-0.15, -0.1) is 0 Å². The van der Waals surface area contributed by atoms with Gasteiger partial charge < -0.3 is 29.8 Å². The minimum atomic E-state index is -1.13. The van der Waals surface area contributed by atoms with E-state index in [0.29, 0.717) is 28.1 Å². The monoisotopic (exact) mass is 405 g/mol. The summed E-state index contributed by atoms with van der Waals surface area (Å²) >= 11 is 0. The number of carboxylic acid groups (broad SMARTS) is 1. The van der Waals surface area contributed by atoms with Crippen molar-refractivity contribution in [3.63, 3.8) is 0 Å². The maximum atomic E-state index is 12.8. The van der Waals surface area contributed by atoms with Crippen LogP contribution in [0.25, 0.3) is 10.9 Å². The Morgan fingerprint density at radius 2 is 1.62 bits per heavy atom. The van der Waals surface area contributed by atoms with Crippen LogP contribution >= 0.6 is 0 Å². The lowest BCUT2D eigenvalue weighted by molar-refractivity contribution is -0.143. The number of benzene rings is 1. The number of hydrogen-bond acceptors (Lipinski definition) is 5. The largest absolute Gasteiger partial charge is 0.496 e. The molecular weight excluding hydrogens is 378 g/mol. The van der Waals surface area contributed by atoms with E-state index in [1.54, 1.807) is 43.7 Å². The Morgan fingerprint density at radius 1 is 1.03 bits per heavy atom. The smallest absolute Gasteiger partial charge is 0.326 e. The summed E-state index contributed by atoms with van der Waals surface area (Å²) < 4.78 is 12.4. The molecule has 3 N–H and O–H groups in total. The number of carbonyl (C=O) groups excluding carboxylic acids is 2. The molecule has 2 unspecified atom stereocenters. The van der Waals surface area contributed by atoms with Crippen molar-refractivity contribution in [1.82, 2.24) is 15.2 Å². The van der Waals surface area contributed by atoms with Crippen LogP contribution in [0.1, 0.15) is 31.3 Å². The van der Waals surface area contributed by atoms with Crippen molar-refractivity contribution in [1.29, 1.82) is 0 Å². The Hall–Kier alpha value is -3.23. The van der Waals surface area contributed by atoms with Gasteiger partial charge in [0.1, 0.15) is 29.3 Å². The molecule has 0 radical (unpaired) electrons. The van der Waals surface area contributed by atoms with Crippen LogP contribution in [0.3, 0.4) is 0 Å². The normalized spacial score (nSPS) is 13.1. The second-order valence-corrected chi connectivity index (χ2v) is 7.08. The lowest BCUT2D eigenvalue weighted by Crippen LogP contribution is -2.52. The van der Waals surface area contributed by atoms with Crippen LogP contribution in [0.15, 0.2) is 18.2 Å². The SMILES string of the molecule is COc1ccc(OC)c2c1cc(C(=O)NC(C)C(=O)NC(C(=O)O)C(C)C)n2C. The second kappa shape index (κ2) is 8.85. The van der Waals surface area contributed by atoms with Crippen molar-refractivity contribution >= 4 is 28.7 Å². The Kier molecular flexibility index (Phi) is 6.73. The number of nitrogens with zero attached hydrogens (tertiary/aromatic N) is 1. The maximum absolute atomic E-state index is 12.8. The molecule has 2 atom stereocenters. The van der Waals surface area contributed by atoms with Crippen molar-refractivity contribution < 1.29 is 29.0 Å². The number of ether oxygens (including phenoxy) is 2. The summed E-state index contributed by atoms with van der Waals surface area (Å²) in [6, 6.07) is 3.19. The quantitative estimate of drug-likeness (QED) is 0.613. The Bertz CT molecular complexity index is 934. The molecule has 1 aromatic heterocycles. The molecule has 1 aromatic carbocycles. The van der Waals surface area contributed by atoms with Crippen molar-refractivity contribution in [2.24, 2.45) is 13.0 Å². The average Bonchev–Trinajstić information content (AvgIpc) is 3.02. The summed E-state index contributed by atoms with van der Waals surface area (Å²) in [7, 11) is 4.78. The number of aryl methyl sites for hydroxylation is 1. The molecule has 9 heteroatoms. The molecule has 0 aliphatic heterocycles. The van der Waals surface area contributed by atoms with Gasteiger partial charge >= 0.3 is 5.97 Å². The van der Waals surface area contributed by atoms with Gasteiger partial charge in [0.15, 0.2) is 0 Å². The first kappa shape index (κ1) is 22.1. The molecule has 0 spiro atoms. The summed E-state index contributed by atoms with van der Waals surface area (Å²) in [5.41, 5.74) is 0.987. The number of aromatic nitrogens is 1. The van der Waals surface area contributed by atoms with Crippen LogP contribution in [-0.2, 0) is 16.6 Å². The molecule has 2 amide bonds. The molecule has 0 bridgehead atoms. The number of aliphatic carboxylic acids is 1. The van der Waals surface area contributed by atoms with Crippen LogP contribution in [0, 0.1) is 5.92 Å². The third-order valence-corrected chi connectivity index (χ3v) is 4.76. The summed E-state index contributed by atoms with van der Waals surface area (Å²) in [5.74, 6) is -1.31. The van der Waals surface area contributed by atoms with Gasteiger partial charge in [-0.25, -0.2) is 4.79 Å². The third-order valence-electron chi connectivity index (χ3n) is 4.76. The summed E-state index contributed by atoms with van der Waals surface area (Å²) in [6.45, 7) is 4.88. The van der Waals surface area contributed by atoms with Gasteiger partial charge in [0.05, 0.1) is 19.7 Å². The van der Waals surface area contributed by atoms with Crippen molar-refractivity contribution in [3.8, 4) is 11.5 Å². The van der Waals surface area contributed by atoms with Crippen molar-refractivity contribution in [3.05, 3.63) is 23.9 Å². The minimum absolute atomic E-state index is 0.294. The molecule has 2 aromatic rings. The summed E-state index contributed by atoms with van der Waals surface area (Å²) in [5, 5.41) is 15.0. The number of rotatable bonds is 8. The van der Waals surface area contributed by atoms with Gasteiger partial charge in [0, 0.05) is 12.4 Å². The van der Waals surface area contributed by atoms with Crippen LogP contribution in [-0.4, -0.2) is 53.8 Å². The number of nitrogens with one attached hydrogen (secondary N) is 2. The lowest BCUT2D eigenvalue weighted by atomic mass is 10.0. The Balaban J connectivity index is 2.26. The fourth-order valence-corrected chi connectivity index (χ4v) is 3.10. The molecule has 1 heterocycles. The zero-order valence-electron chi connectivity index (χ0n) is 17.4. The van der Waals surface area contributed by atoms with E-state index < -0.39 is 29.9 Å². The zero-order chi connectivity index (χ0) is 21.9. The van der Waals surface area contributed by atoms with E-state index in [9.17, 15) is 19.5 Å². The molecule has 0 saturated carbocycles. The molecule has 0 aliphatic carbocycles. The van der Waals surface area contributed by atoms with Gasteiger partial charge in [-0.2, -0.15) is 0 Å². The van der Waals surface area contributed by atoms with E-state index >= 15 is 0 Å². The first-order chi connectivity index (χ1) is 13.6. The highest BCUT2D eigenvalue weighted by atomic mass is 16.5. The van der Waals surface area contributed by atoms with Crippen LogP contribution in [0.2, 0.25) is 0 Å². The van der Waals surface area contributed by atoms with Crippen LogP contribution in [0.4, 0.5) is 0 Å². The van der Waals surface area contributed by atoms with E-state index in [4.69, 9.17) is 9.47 Å². The van der Waals surface area contributed by atoms with E-state index in [1.165, 1.54) is 21.1 Å². The van der Waals surface area contributed by atoms with Crippen molar-refractivity contribution in [2.75, 3.05) is 14.2 Å². The maximum Gasteiger partial charge on any atom is 0.326 e. The number of hydrogen-bond donors (Lipinski definition) is 3. The Labute approximate surface area is 169 Å². The summed E-state index contributed by atoms with van der Waals surface area (Å²) in [4.78, 5) is 36.4. The molecule has 9 nitrogen and oxygen atoms in total. The Morgan fingerprint density at radius 3 is 2.14 bits per heavy atom. The standard InChI is InChI=1S/C20H27N3O6/c1-10(2)16(20(26)27)22-18(24)11(3)21-19(25)13-9-12-14(28-5)7-8-15(29-6)17(12)23(13)4/h7-11,16H,1-6H3,(H,21,25)(H,22,24)(H,26,27). The molecule has 29 heavy (non-hydrogen) atoms. The van der Waals surface area contributed by atoms with Gasteiger partial charge in [-0.3, -0.25) is 9.59 Å². The number of amides is 2. The second-order valence-electron chi connectivity index (χ2n) is 7.08. The predicted molar refractivity (Wildman–Crippen MR) is 107 cm³/mol. The van der Waals surface area contributed by atoms with Crippen LogP contribution in [0.5, 0.6) is 11.5 Å². The molecule has 0 saturated heterocycles. The van der Waals surface area contributed by atoms with E-state index in [1.807, 2.05) is 0 Å². The van der Waals surface area contributed by atoms with Gasteiger partial charge in [0.2, 0.25) is 5.91 Å². The molecule has 0 fully saturated rings. The van der Waals surface area contributed by atoms with Crippen LogP contribution < -0.4 is 20.1 Å². The minimum Gasteiger partial charge on any atom is -0.496 e. The van der Waals surface area contributed by atoms with Gasteiger partial charge in [-0.05, 0) is 31.0 Å². The van der Waals surface area contributed by atoms with Gasteiger partial charge in [-0.1, -0.05) is 13.8 Å². The first-order valence-corrected chi connectivity index (χ1v) is 9.16. The third kappa shape index (κ3) is 4.44. The number of carbonyl (C=O) groups is 3. The number of methoxy groups -OCH3 is 2. The molecular formula is C20H27N3O6. The first-order valence-electron chi connectivity index (χ1n) is 9.16. The fraction of sp³-hybridized carbons (Fsp3) is 0.450. The fourth-order valence-electron chi connectivity index (χ4n) is 3.10. The molecule has 0 aliphatic rings. The lowest BCUT2D eigenvalue weighted by Gasteiger charge is -2.21. The number of fused-ring (bicyclic) bond motifs is 1. The van der Waals surface area contributed by atoms with Gasteiger partial charge in [0.25, 0.3) is 5.91 Å². The topological polar surface area (TPSA) is 119 Å². The van der Waals surface area contributed by atoms with Crippen molar-refractivity contribution in [2.45, 2.75) is 32.9 Å². The average molecular weight is 405 g/mol. The summed E-state index contributed by atoms with van der Waals surface area (Å²) in [6.07, 6.45) is 0. The highest BCUT2D eigenvalue weighted by Crippen LogP contribution is 2.35. The molecule has 2 rings (SSSR count). The number of carboxylic acids is 1. The molecule has 158 valence electrons. The van der Waals surface area contributed by atoms with E-state index in [2.05, 4.69) is 10.6 Å². The van der Waals surface area contributed by atoms with E-state index in [0.717, 1.165) is 0 Å². The zero-order valence-corrected chi connectivity index (χ0v) is 17.4. The predicted octanol–water partition coefficient (Wildman–Crippen LogP) is 1.54. The highest BCUT2D eigenvalue weighted by molar-refractivity contribution is 6.03.